The smallest absolute Gasteiger partial charge is 0.202 e. The molecule has 1 atom stereocenters. The van der Waals surface area contributed by atoms with Gasteiger partial charge in [-0.05, 0) is 12.3 Å². The van der Waals surface area contributed by atoms with Gasteiger partial charge in [0.1, 0.15) is 0 Å². The summed E-state index contributed by atoms with van der Waals surface area (Å²) in [4.78, 5) is 0. The summed E-state index contributed by atoms with van der Waals surface area (Å²) < 4.78 is 27.8. The van der Waals surface area contributed by atoms with E-state index in [1.54, 1.807) is 0 Å². The van der Waals surface area contributed by atoms with E-state index >= 15 is 0 Å². The summed E-state index contributed by atoms with van der Waals surface area (Å²) >= 11 is 0. The minimum atomic E-state index is -3.46. The van der Waals surface area contributed by atoms with E-state index in [1.807, 2.05) is 26.8 Å². The van der Waals surface area contributed by atoms with E-state index in [2.05, 4.69) is 9.44 Å². The van der Waals surface area contributed by atoms with E-state index in [0.717, 1.165) is 0 Å². The first-order chi connectivity index (χ1) is 6.91. The summed E-state index contributed by atoms with van der Waals surface area (Å²) in [5.41, 5.74) is 0. The lowest BCUT2D eigenvalue weighted by atomic mass is 10.2. The zero-order valence-corrected chi connectivity index (χ0v) is 10.3. The van der Waals surface area contributed by atoms with E-state index < -0.39 is 10.2 Å². The summed E-state index contributed by atoms with van der Waals surface area (Å²) in [6.07, 6.45) is 0.801. The number of nitriles is 1. The van der Waals surface area contributed by atoms with Gasteiger partial charge < -0.3 is 0 Å². The Kier molecular flexibility index (Phi) is 6.48. The molecule has 5 nitrogen and oxygen atoms in total. The molecule has 0 aliphatic carbocycles. The molecule has 0 bridgehead atoms. The van der Waals surface area contributed by atoms with Crippen LogP contribution in [-0.4, -0.2) is 21.0 Å². The second kappa shape index (κ2) is 6.77. The Labute approximate surface area is 92.0 Å². The minimum Gasteiger partial charge on any atom is -0.202 e. The Hall–Kier alpha value is -0.640. The summed E-state index contributed by atoms with van der Waals surface area (Å²) in [6, 6.07) is 1.65. The highest BCUT2D eigenvalue weighted by atomic mass is 32.2. The minimum absolute atomic E-state index is 0.194. The molecule has 0 aromatic carbocycles. The van der Waals surface area contributed by atoms with Crippen molar-refractivity contribution in [1.29, 1.82) is 5.26 Å². The zero-order valence-electron chi connectivity index (χ0n) is 9.45. The molecule has 15 heavy (non-hydrogen) atoms. The molecule has 0 radical (unpaired) electrons. The van der Waals surface area contributed by atoms with Gasteiger partial charge in [-0.1, -0.05) is 20.8 Å². The average molecular weight is 233 g/mol. The fourth-order valence-corrected chi connectivity index (χ4v) is 2.24. The maximum atomic E-state index is 11.4. The Morgan fingerprint density at radius 3 is 2.40 bits per heavy atom. The van der Waals surface area contributed by atoms with Crippen LogP contribution in [0.25, 0.3) is 0 Å². The third kappa shape index (κ3) is 7.31. The van der Waals surface area contributed by atoms with Crippen molar-refractivity contribution < 1.29 is 8.42 Å². The standard InChI is InChI=1S/C9H19N3O2S/c1-4-9(5-6-10)12-15(13,14)11-7-8(2)3/h8-9,11-12H,4-5,7H2,1-3H3. The van der Waals surface area contributed by atoms with E-state index in [0.29, 0.717) is 13.0 Å². The van der Waals surface area contributed by atoms with Crippen LogP contribution in [0, 0.1) is 17.2 Å². The zero-order chi connectivity index (χ0) is 11.9. The second-order valence-corrected chi connectivity index (χ2v) is 5.36. The number of hydrogen-bond donors (Lipinski definition) is 2. The van der Waals surface area contributed by atoms with Crippen LogP contribution < -0.4 is 9.44 Å². The molecular weight excluding hydrogens is 214 g/mol. The van der Waals surface area contributed by atoms with E-state index in [1.165, 1.54) is 0 Å². The molecule has 0 saturated carbocycles. The first kappa shape index (κ1) is 14.4. The summed E-state index contributed by atoms with van der Waals surface area (Å²) in [7, 11) is -3.46. The van der Waals surface area contributed by atoms with Gasteiger partial charge in [-0.25, -0.2) is 4.72 Å². The molecule has 0 rings (SSSR count). The van der Waals surface area contributed by atoms with Gasteiger partial charge in [-0.3, -0.25) is 0 Å². The lowest BCUT2D eigenvalue weighted by molar-refractivity contribution is 0.519. The normalized spacial score (nSPS) is 13.8. The maximum Gasteiger partial charge on any atom is 0.277 e. The fraction of sp³-hybridized carbons (Fsp3) is 0.889. The van der Waals surface area contributed by atoms with Crippen LogP contribution in [0.15, 0.2) is 0 Å². The lowest BCUT2D eigenvalue weighted by Gasteiger charge is -2.15. The first-order valence-electron chi connectivity index (χ1n) is 5.05. The summed E-state index contributed by atoms with van der Waals surface area (Å²) in [5.74, 6) is 0.262. The predicted molar refractivity (Wildman–Crippen MR) is 59.2 cm³/mol. The van der Waals surface area contributed by atoms with Crippen LogP contribution in [0.5, 0.6) is 0 Å². The van der Waals surface area contributed by atoms with Crippen molar-refractivity contribution in [2.75, 3.05) is 6.54 Å². The topological polar surface area (TPSA) is 82.0 Å². The van der Waals surface area contributed by atoms with Gasteiger partial charge in [-0.2, -0.15) is 18.4 Å². The molecule has 0 aliphatic rings. The van der Waals surface area contributed by atoms with Gasteiger partial charge in [0.15, 0.2) is 0 Å². The fourth-order valence-electron chi connectivity index (χ4n) is 0.917. The Bertz CT molecular complexity index is 306. The van der Waals surface area contributed by atoms with Crippen LogP contribution in [0.4, 0.5) is 0 Å². The van der Waals surface area contributed by atoms with Gasteiger partial charge in [0, 0.05) is 12.6 Å². The van der Waals surface area contributed by atoms with Gasteiger partial charge in [-0.15, -0.1) is 0 Å². The maximum absolute atomic E-state index is 11.4. The molecule has 0 aromatic rings. The van der Waals surface area contributed by atoms with Crippen LogP contribution in [0.1, 0.15) is 33.6 Å². The second-order valence-electron chi connectivity index (χ2n) is 3.83. The van der Waals surface area contributed by atoms with E-state index in [-0.39, 0.29) is 18.4 Å². The van der Waals surface area contributed by atoms with Crippen LogP contribution >= 0.6 is 0 Å². The highest BCUT2D eigenvalue weighted by Crippen LogP contribution is 1.98. The monoisotopic (exact) mass is 233 g/mol. The van der Waals surface area contributed by atoms with E-state index in [4.69, 9.17) is 5.26 Å². The molecule has 0 aromatic heterocycles. The Balaban J connectivity index is 4.18. The number of rotatable bonds is 7. The lowest BCUT2D eigenvalue weighted by Crippen LogP contribution is -2.43. The Morgan fingerprint density at radius 1 is 1.40 bits per heavy atom. The van der Waals surface area contributed by atoms with Gasteiger partial charge in [0.25, 0.3) is 10.2 Å². The Morgan fingerprint density at radius 2 is 2.00 bits per heavy atom. The molecule has 0 amide bonds. The molecule has 0 aliphatic heterocycles. The number of hydrogen-bond acceptors (Lipinski definition) is 3. The summed E-state index contributed by atoms with van der Waals surface area (Å²) in [5, 5.41) is 8.48. The van der Waals surface area contributed by atoms with Crippen molar-refractivity contribution in [1.82, 2.24) is 9.44 Å². The van der Waals surface area contributed by atoms with E-state index in [9.17, 15) is 8.42 Å². The van der Waals surface area contributed by atoms with Crippen LogP contribution in [0.2, 0.25) is 0 Å². The first-order valence-corrected chi connectivity index (χ1v) is 6.53. The molecule has 6 heteroatoms. The highest BCUT2D eigenvalue weighted by molar-refractivity contribution is 7.87. The molecule has 0 fully saturated rings. The van der Waals surface area contributed by atoms with Crippen molar-refractivity contribution in [3.8, 4) is 6.07 Å². The van der Waals surface area contributed by atoms with Gasteiger partial charge >= 0.3 is 0 Å². The largest absolute Gasteiger partial charge is 0.277 e. The molecule has 88 valence electrons. The predicted octanol–water partition coefficient (Wildman–Crippen LogP) is 0.759. The third-order valence-electron chi connectivity index (χ3n) is 1.83. The van der Waals surface area contributed by atoms with Crippen molar-refractivity contribution >= 4 is 10.2 Å². The molecule has 1 unspecified atom stereocenters. The summed E-state index contributed by atoms with van der Waals surface area (Å²) in [6.45, 7) is 6.09. The molecule has 0 saturated heterocycles. The van der Waals surface area contributed by atoms with Crippen molar-refractivity contribution in [2.45, 2.75) is 39.7 Å². The van der Waals surface area contributed by atoms with Crippen molar-refractivity contribution in [3.63, 3.8) is 0 Å². The average Bonchev–Trinajstić information content (AvgIpc) is 2.14. The SMILES string of the molecule is CCC(CC#N)NS(=O)(=O)NCC(C)C. The van der Waals surface area contributed by atoms with Crippen LogP contribution in [-0.2, 0) is 10.2 Å². The number of nitrogens with one attached hydrogen (secondary N) is 2. The van der Waals surface area contributed by atoms with Gasteiger partial charge in [0.05, 0.1) is 12.5 Å². The molecular formula is C9H19N3O2S. The molecule has 0 heterocycles. The van der Waals surface area contributed by atoms with Crippen LogP contribution in [0.3, 0.4) is 0 Å². The van der Waals surface area contributed by atoms with Crippen molar-refractivity contribution in [2.24, 2.45) is 5.92 Å². The molecule has 2 N–H and O–H groups in total. The highest BCUT2D eigenvalue weighted by Gasteiger charge is 2.15. The molecule has 0 spiro atoms. The van der Waals surface area contributed by atoms with Gasteiger partial charge in [0.2, 0.25) is 0 Å². The quantitative estimate of drug-likeness (QED) is 0.681. The third-order valence-corrected chi connectivity index (χ3v) is 3.02. The van der Waals surface area contributed by atoms with Crippen molar-refractivity contribution in [3.05, 3.63) is 0 Å². The number of nitrogens with zero attached hydrogens (tertiary/aromatic N) is 1.